The number of hydrogen-bond acceptors (Lipinski definition) is 30. The van der Waals surface area contributed by atoms with Gasteiger partial charge < -0.3 is 122 Å². The van der Waals surface area contributed by atoms with Crippen LogP contribution in [-0.2, 0) is 76.0 Å². The van der Waals surface area contributed by atoms with Gasteiger partial charge in [-0.1, -0.05) is 30.3 Å². The molecular weight excluding hydrogens is 1140 g/mol. The zero-order chi connectivity index (χ0) is 61.9. The highest BCUT2D eigenvalue weighted by Crippen LogP contribution is 2.42. The fourth-order valence-electron chi connectivity index (χ4n) is 9.27. The summed E-state index contributed by atoms with van der Waals surface area (Å²) in [5.41, 5.74) is 0.427. The number of methoxy groups -OCH3 is 2. The molecule has 0 bridgehead atoms. The van der Waals surface area contributed by atoms with Crippen LogP contribution in [0.3, 0.4) is 0 Å². The third-order valence-corrected chi connectivity index (χ3v) is 13.7. The molecular formula is C55H66O30. The monoisotopic (exact) mass is 1210 g/mol. The van der Waals surface area contributed by atoms with Crippen molar-refractivity contribution >= 4 is 42.0 Å². The summed E-state index contributed by atoms with van der Waals surface area (Å²) < 4.78 is 81.8. The molecule has 7 rings (SSSR count). The van der Waals surface area contributed by atoms with Crippen molar-refractivity contribution in [1.82, 2.24) is 0 Å². The van der Waals surface area contributed by atoms with E-state index in [0.717, 1.165) is 26.0 Å². The number of aliphatic hydroxyl groups excluding tert-OH is 9. The Kier molecular flexibility index (Phi) is 22.7. The highest BCUT2D eigenvalue weighted by molar-refractivity contribution is 5.90. The molecule has 0 aromatic heterocycles. The smallest absolute Gasteiger partial charge is 0.338 e. The average Bonchev–Trinajstić information content (AvgIpc) is 2.16. The molecule has 3 aromatic carbocycles. The lowest BCUT2D eigenvalue weighted by Gasteiger charge is -2.50. The van der Waals surface area contributed by atoms with Gasteiger partial charge in [-0.05, 0) is 59.7 Å². The van der Waals surface area contributed by atoms with Gasteiger partial charge in [0.1, 0.15) is 99.2 Å². The van der Waals surface area contributed by atoms with E-state index in [-0.39, 0.29) is 34.1 Å². The highest BCUT2D eigenvalue weighted by Gasteiger charge is 2.64. The highest BCUT2D eigenvalue weighted by atomic mass is 16.8. The van der Waals surface area contributed by atoms with E-state index in [1.165, 1.54) is 87.0 Å². The molecule has 11 N–H and O–H groups in total. The first-order valence-electron chi connectivity index (χ1n) is 26.1. The number of esters is 5. The van der Waals surface area contributed by atoms with Crippen LogP contribution in [0.2, 0.25) is 0 Å². The first kappa shape index (κ1) is 65.6. The Morgan fingerprint density at radius 1 is 0.541 bits per heavy atom. The van der Waals surface area contributed by atoms with Crippen molar-refractivity contribution in [1.29, 1.82) is 0 Å². The summed E-state index contributed by atoms with van der Waals surface area (Å²) in [7, 11) is 2.55. The van der Waals surface area contributed by atoms with Gasteiger partial charge in [-0.15, -0.1) is 0 Å². The standard InChI is InChI=1S/C55H66O30/c1-25(58)74-22-36-41(65)44(68)46(70)53(78-36)81-48-47(80-39(63)17-13-28-11-15-31(61)33(19-28)73-4)37(23-75-26(2)59)79-54(49(48)82-52-45(69)43(67)40(64)34(20-56)77-52)85-55(24-76-38(62)16-12-27-10-14-30(60)32(18-27)72-3)50(42(66)35(21-57)84-55)83-51(71)29-8-6-5-7-9-29/h5-19,34-37,40-50,52-54,56-57,60-61,64-70H,20-24H2,1-4H3. The molecule has 4 fully saturated rings. The number of ether oxygens (including phenoxy) is 14. The van der Waals surface area contributed by atoms with Crippen molar-refractivity contribution in [2.24, 2.45) is 0 Å². The van der Waals surface area contributed by atoms with Crippen LogP contribution in [0.25, 0.3) is 12.2 Å². The molecule has 30 heteroatoms. The minimum Gasteiger partial charge on any atom is -0.504 e. The number of aliphatic hydroxyl groups is 9. The molecule has 0 amide bonds. The van der Waals surface area contributed by atoms with Crippen molar-refractivity contribution in [3.8, 4) is 23.0 Å². The molecule has 0 spiro atoms. The third-order valence-electron chi connectivity index (χ3n) is 13.7. The Balaban J connectivity index is 1.40. The summed E-state index contributed by atoms with van der Waals surface area (Å²) >= 11 is 0. The Bertz CT molecular complexity index is 2810. The van der Waals surface area contributed by atoms with Crippen LogP contribution >= 0.6 is 0 Å². The molecule has 4 aliphatic rings. The van der Waals surface area contributed by atoms with E-state index in [9.17, 15) is 80.1 Å². The normalized spacial score (nSPS) is 33.0. The van der Waals surface area contributed by atoms with Crippen molar-refractivity contribution in [2.75, 3.05) is 47.3 Å². The number of hydrogen-bond donors (Lipinski definition) is 11. The largest absolute Gasteiger partial charge is 0.504 e. The Morgan fingerprint density at radius 3 is 1.59 bits per heavy atom. The van der Waals surface area contributed by atoms with Gasteiger partial charge in [-0.2, -0.15) is 0 Å². The van der Waals surface area contributed by atoms with E-state index in [2.05, 4.69) is 0 Å². The van der Waals surface area contributed by atoms with Crippen LogP contribution in [0.15, 0.2) is 78.9 Å². The van der Waals surface area contributed by atoms with E-state index >= 15 is 0 Å². The topological polar surface area (TPSA) is 437 Å². The lowest BCUT2D eigenvalue weighted by Crippen LogP contribution is -2.69. The van der Waals surface area contributed by atoms with Gasteiger partial charge in [0.05, 0.1) is 33.0 Å². The minimum absolute atomic E-state index is 0.00374. The van der Waals surface area contributed by atoms with Crippen molar-refractivity contribution in [2.45, 2.75) is 130 Å². The third kappa shape index (κ3) is 15.9. The molecule has 85 heavy (non-hydrogen) atoms. The number of carbonyl (C=O) groups is 5. The summed E-state index contributed by atoms with van der Waals surface area (Å²) in [4.78, 5) is 66.6. The van der Waals surface area contributed by atoms with E-state index in [1.54, 1.807) is 6.07 Å². The van der Waals surface area contributed by atoms with Crippen LogP contribution in [0, 0.1) is 0 Å². The summed E-state index contributed by atoms with van der Waals surface area (Å²) in [6.07, 6.45) is -34.0. The fourth-order valence-corrected chi connectivity index (χ4v) is 9.27. The molecule has 466 valence electrons. The van der Waals surface area contributed by atoms with Gasteiger partial charge in [-0.3, -0.25) is 9.59 Å². The molecule has 4 aliphatic heterocycles. The number of carbonyl (C=O) groups excluding carboxylic acids is 5. The number of rotatable bonds is 23. The predicted molar refractivity (Wildman–Crippen MR) is 278 cm³/mol. The van der Waals surface area contributed by atoms with Gasteiger partial charge in [0.15, 0.2) is 54.1 Å². The molecule has 0 radical (unpaired) electrons. The van der Waals surface area contributed by atoms with Crippen LogP contribution in [0.4, 0.5) is 0 Å². The summed E-state index contributed by atoms with van der Waals surface area (Å²) in [5, 5.41) is 120. The van der Waals surface area contributed by atoms with E-state index in [1.807, 2.05) is 0 Å². The lowest BCUT2D eigenvalue weighted by molar-refractivity contribution is -0.421. The average molecular weight is 1210 g/mol. The molecule has 3 aromatic rings. The number of phenolic OH excluding ortho intramolecular Hbond substituents is 2. The summed E-state index contributed by atoms with van der Waals surface area (Å²) in [6, 6.07) is 15.1. The number of phenols is 2. The zero-order valence-corrected chi connectivity index (χ0v) is 45.8. The van der Waals surface area contributed by atoms with Crippen molar-refractivity contribution in [3.63, 3.8) is 0 Å². The number of benzene rings is 3. The van der Waals surface area contributed by atoms with E-state index in [0.29, 0.717) is 5.56 Å². The maximum absolute atomic E-state index is 14.2. The maximum Gasteiger partial charge on any atom is 0.338 e. The van der Waals surface area contributed by atoms with Gasteiger partial charge >= 0.3 is 29.8 Å². The molecule has 19 unspecified atom stereocenters. The van der Waals surface area contributed by atoms with Crippen LogP contribution in [0.5, 0.6) is 23.0 Å². The Hall–Kier alpha value is -6.95. The minimum atomic E-state index is -2.95. The summed E-state index contributed by atoms with van der Waals surface area (Å²) in [5.74, 6) is -8.92. The molecule has 4 saturated heterocycles. The fraction of sp³-hybridized carbons (Fsp3) is 0.509. The van der Waals surface area contributed by atoms with Gasteiger partial charge in [0.25, 0.3) is 0 Å². The summed E-state index contributed by atoms with van der Waals surface area (Å²) in [6.45, 7) is -3.10. The van der Waals surface area contributed by atoms with Gasteiger partial charge in [0, 0.05) is 26.0 Å². The van der Waals surface area contributed by atoms with E-state index in [4.69, 9.17) is 66.3 Å². The zero-order valence-electron chi connectivity index (χ0n) is 45.8. The number of aromatic hydroxyl groups is 2. The molecule has 0 saturated carbocycles. The first-order valence-corrected chi connectivity index (χ1v) is 26.1. The van der Waals surface area contributed by atoms with E-state index < -0.39 is 179 Å². The maximum atomic E-state index is 14.2. The second kappa shape index (κ2) is 29.4. The first-order chi connectivity index (χ1) is 40.5. The van der Waals surface area contributed by atoms with Crippen LogP contribution < -0.4 is 9.47 Å². The molecule has 30 nitrogen and oxygen atoms in total. The predicted octanol–water partition coefficient (Wildman–Crippen LogP) is -2.78. The Morgan fingerprint density at radius 2 is 1.05 bits per heavy atom. The van der Waals surface area contributed by atoms with Crippen molar-refractivity contribution < 1.29 is 146 Å². The molecule has 0 aliphatic carbocycles. The SMILES string of the molecule is COc1cc(C=CC(=O)OCC2(OC3OC(COC(C)=O)C(OC(=O)C=Cc4ccc(O)c(OC)c4)C(OC4OC(COC(C)=O)C(O)C(O)C4O)C3OC3OC(CO)C(O)C(O)C3O)OC(CO)C(O)C2OC(=O)c2ccccc2)ccc1O. The molecule has 4 heterocycles. The van der Waals surface area contributed by atoms with Crippen LogP contribution in [-0.4, -0.2) is 249 Å². The second-order valence-corrected chi connectivity index (χ2v) is 19.6. The molecule has 19 atom stereocenters. The second-order valence-electron chi connectivity index (χ2n) is 19.6. The van der Waals surface area contributed by atoms with Gasteiger partial charge in [0.2, 0.25) is 5.79 Å². The quantitative estimate of drug-likeness (QED) is 0.0260. The Labute approximate surface area is 483 Å². The van der Waals surface area contributed by atoms with Gasteiger partial charge in [-0.25, -0.2) is 14.4 Å². The van der Waals surface area contributed by atoms with Crippen molar-refractivity contribution in [3.05, 3.63) is 95.6 Å². The lowest BCUT2D eigenvalue weighted by atomic mass is 9.95. The van der Waals surface area contributed by atoms with Crippen LogP contribution in [0.1, 0.15) is 35.3 Å².